The Morgan fingerprint density at radius 1 is 1.21 bits per heavy atom. The van der Waals surface area contributed by atoms with E-state index in [0.29, 0.717) is 17.7 Å². The van der Waals surface area contributed by atoms with Crippen molar-refractivity contribution in [3.05, 3.63) is 64.8 Å². The highest BCUT2D eigenvalue weighted by molar-refractivity contribution is 7.92. The van der Waals surface area contributed by atoms with Gasteiger partial charge in [0.2, 0.25) is 5.88 Å². The maximum absolute atomic E-state index is 12.8. The fraction of sp³-hybridized carbons (Fsp3) is 0.250. The largest absolute Gasteiger partial charge is 0.501 e. The van der Waals surface area contributed by atoms with Crippen LogP contribution in [0.2, 0.25) is 0 Å². The maximum Gasteiger partial charge on any atom is 0.501 e. The molecule has 1 amide bonds. The van der Waals surface area contributed by atoms with Crippen molar-refractivity contribution in [3.63, 3.8) is 0 Å². The zero-order valence-electron chi connectivity index (χ0n) is 17.8. The molecule has 0 radical (unpaired) electrons. The van der Waals surface area contributed by atoms with Crippen molar-refractivity contribution < 1.29 is 36.2 Å². The first-order chi connectivity index (χ1) is 15.8. The molecule has 0 bridgehead atoms. The van der Waals surface area contributed by atoms with Crippen LogP contribution in [0, 0.1) is 0 Å². The normalized spacial score (nSPS) is 12.1. The van der Waals surface area contributed by atoms with Crippen molar-refractivity contribution >= 4 is 21.7 Å². The van der Waals surface area contributed by atoms with E-state index < -0.39 is 37.9 Å². The molecule has 1 aromatic carbocycles. The summed E-state index contributed by atoms with van der Waals surface area (Å²) in [5, 5.41) is 12.7. The second-order valence-corrected chi connectivity index (χ2v) is 9.25. The second kappa shape index (κ2) is 9.21. The highest BCUT2D eigenvalue weighted by Crippen LogP contribution is 2.30. The third-order valence-electron chi connectivity index (χ3n) is 4.40. The first-order valence-electron chi connectivity index (χ1n) is 9.65. The van der Waals surface area contributed by atoms with Crippen LogP contribution in [0.25, 0.3) is 5.69 Å². The predicted octanol–water partition coefficient (Wildman–Crippen LogP) is 3.04. The third kappa shape index (κ3) is 5.22. The molecule has 0 saturated heterocycles. The van der Waals surface area contributed by atoms with Crippen LogP contribution in [0.15, 0.2) is 58.5 Å². The van der Waals surface area contributed by atoms with Crippen LogP contribution in [-0.2, 0) is 21.1 Å². The summed E-state index contributed by atoms with van der Waals surface area (Å²) in [6.07, 6.45) is 1.44. The summed E-state index contributed by atoms with van der Waals surface area (Å²) >= 11 is 0. The second-order valence-electron chi connectivity index (χ2n) is 7.30. The van der Waals surface area contributed by atoms with Gasteiger partial charge in [-0.3, -0.25) is 9.88 Å². The number of aromatic hydroxyl groups is 1. The van der Waals surface area contributed by atoms with E-state index >= 15 is 0 Å². The van der Waals surface area contributed by atoms with Crippen LogP contribution < -0.4 is 11.0 Å². The molecule has 14 heteroatoms. The van der Waals surface area contributed by atoms with Gasteiger partial charge in [0.25, 0.3) is 9.84 Å². The Kier molecular flexibility index (Phi) is 6.72. The maximum atomic E-state index is 12.8. The quantitative estimate of drug-likeness (QED) is 0.532. The summed E-state index contributed by atoms with van der Waals surface area (Å²) < 4.78 is 68.0. The van der Waals surface area contributed by atoms with Crippen molar-refractivity contribution in [2.45, 2.75) is 36.9 Å². The number of anilines is 1. The van der Waals surface area contributed by atoms with E-state index in [4.69, 9.17) is 4.74 Å². The lowest BCUT2D eigenvalue weighted by molar-refractivity contribution is -0.0436. The van der Waals surface area contributed by atoms with E-state index in [9.17, 15) is 36.3 Å². The number of amides is 1. The molecule has 2 aromatic heterocycles. The smallest absolute Gasteiger partial charge is 0.493 e. The van der Waals surface area contributed by atoms with Crippen LogP contribution in [0.5, 0.6) is 5.88 Å². The van der Waals surface area contributed by atoms with Crippen LogP contribution in [0.4, 0.5) is 23.8 Å². The van der Waals surface area contributed by atoms with Crippen LogP contribution in [0.3, 0.4) is 0 Å². The van der Waals surface area contributed by atoms with Crippen molar-refractivity contribution in [1.29, 1.82) is 0 Å². The Labute approximate surface area is 191 Å². The number of aromatic nitrogens is 3. The van der Waals surface area contributed by atoms with Gasteiger partial charge in [0.1, 0.15) is 5.82 Å². The van der Waals surface area contributed by atoms with Crippen molar-refractivity contribution in [3.8, 4) is 11.6 Å². The minimum Gasteiger partial charge on any atom is -0.493 e. The molecule has 0 aliphatic heterocycles. The van der Waals surface area contributed by atoms with E-state index in [1.165, 1.54) is 12.3 Å². The number of halogens is 3. The zero-order chi connectivity index (χ0) is 25.3. The number of nitrogens with zero attached hydrogens (tertiary/aromatic N) is 3. The molecule has 0 aliphatic carbocycles. The van der Waals surface area contributed by atoms with E-state index in [1.54, 1.807) is 19.9 Å². The standard InChI is InChI=1S/C20H19F3N4O6S/c1-12(2)33-18(29)25-16-9-13(7-8-24-16)10-26-11-17(28)27(19(26)30)14-3-5-15(6-4-14)34(31,32)20(21,22)23/h3-9,11-12,28H,10H2,1-2H3,(H,24,25,29). The number of rotatable bonds is 6. The summed E-state index contributed by atoms with van der Waals surface area (Å²) in [4.78, 5) is 27.5. The van der Waals surface area contributed by atoms with Gasteiger partial charge in [0.05, 0.1) is 29.4 Å². The highest BCUT2D eigenvalue weighted by atomic mass is 32.2. The number of hydrogen-bond donors (Lipinski definition) is 2. The molecule has 10 nitrogen and oxygen atoms in total. The molecule has 0 saturated carbocycles. The molecule has 3 aromatic rings. The number of hydrogen-bond acceptors (Lipinski definition) is 7. The minimum atomic E-state index is -5.55. The van der Waals surface area contributed by atoms with E-state index in [-0.39, 0.29) is 24.2 Å². The molecular formula is C20H19F3N4O6S. The monoisotopic (exact) mass is 500 g/mol. The first-order valence-corrected chi connectivity index (χ1v) is 11.1. The lowest BCUT2D eigenvalue weighted by atomic mass is 10.2. The van der Waals surface area contributed by atoms with Crippen LogP contribution in [-0.4, -0.2) is 45.3 Å². The van der Waals surface area contributed by atoms with Gasteiger partial charge in [-0.2, -0.15) is 13.2 Å². The molecular weight excluding hydrogens is 481 g/mol. The average molecular weight is 500 g/mol. The number of alkyl halides is 3. The number of carbonyl (C=O) groups excluding carboxylic acids is 1. The van der Waals surface area contributed by atoms with E-state index in [1.807, 2.05) is 0 Å². The topological polar surface area (TPSA) is 133 Å². The van der Waals surface area contributed by atoms with Crippen molar-refractivity contribution in [2.75, 3.05) is 5.32 Å². The molecule has 2 N–H and O–H groups in total. The number of benzene rings is 1. The Hall–Kier alpha value is -3.81. The summed E-state index contributed by atoms with van der Waals surface area (Å²) in [5.41, 5.74) is -5.73. The fourth-order valence-corrected chi connectivity index (χ4v) is 3.69. The molecule has 0 unspecified atom stereocenters. The van der Waals surface area contributed by atoms with Crippen LogP contribution >= 0.6 is 0 Å². The molecule has 182 valence electrons. The summed E-state index contributed by atoms with van der Waals surface area (Å²) in [6.45, 7) is 3.31. The molecule has 0 atom stereocenters. The van der Waals surface area contributed by atoms with Gasteiger partial charge in [0, 0.05) is 6.20 Å². The summed E-state index contributed by atoms with van der Waals surface area (Å²) in [7, 11) is -5.55. The number of carbonyl (C=O) groups is 1. The van der Waals surface area contributed by atoms with Gasteiger partial charge >= 0.3 is 17.3 Å². The van der Waals surface area contributed by atoms with Gasteiger partial charge in [0.15, 0.2) is 0 Å². The summed E-state index contributed by atoms with van der Waals surface area (Å²) in [5.74, 6) is -0.356. The lowest BCUT2D eigenvalue weighted by Gasteiger charge is -2.10. The van der Waals surface area contributed by atoms with Crippen molar-refractivity contribution in [2.24, 2.45) is 0 Å². The lowest BCUT2D eigenvalue weighted by Crippen LogP contribution is -2.24. The predicted molar refractivity (Wildman–Crippen MR) is 114 cm³/mol. The molecule has 2 heterocycles. The number of nitrogens with one attached hydrogen (secondary N) is 1. The Bertz CT molecular complexity index is 1360. The van der Waals surface area contributed by atoms with Gasteiger partial charge in [-0.25, -0.2) is 27.6 Å². The first kappa shape index (κ1) is 24.8. The Morgan fingerprint density at radius 3 is 2.44 bits per heavy atom. The average Bonchev–Trinajstić information content (AvgIpc) is 2.99. The minimum absolute atomic E-state index is 0.0453. The van der Waals surface area contributed by atoms with E-state index in [2.05, 4.69) is 10.3 Å². The SMILES string of the molecule is CC(C)OC(=O)Nc1cc(Cn2cc(O)n(-c3ccc(S(=O)(=O)C(F)(F)F)cc3)c2=O)ccn1. The Balaban J connectivity index is 1.85. The third-order valence-corrected chi connectivity index (χ3v) is 5.90. The molecule has 0 fully saturated rings. The summed E-state index contributed by atoms with van der Waals surface area (Å²) in [6, 6.07) is 6.38. The fourth-order valence-electron chi connectivity index (χ4n) is 2.93. The number of imidazole rings is 1. The van der Waals surface area contributed by atoms with Gasteiger partial charge in [-0.1, -0.05) is 0 Å². The van der Waals surface area contributed by atoms with Gasteiger partial charge in [-0.15, -0.1) is 0 Å². The number of ether oxygens (including phenoxy) is 1. The Morgan fingerprint density at radius 2 is 1.85 bits per heavy atom. The number of pyridine rings is 1. The van der Waals surface area contributed by atoms with Gasteiger partial charge < -0.3 is 9.84 Å². The molecule has 34 heavy (non-hydrogen) atoms. The molecule has 3 rings (SSSR count). The zero-order valence-corrected chi connectivity index (χ0v) is 18.6. The molecule has 0 aliphatic rings. The van der Waals surface area contributed by atoms with Crippen molar-refractivity contribution in [1.82, 2.24) is 14.1 Å². The number of sulfone groups is 1. The molecule has 0 spiro atoms. The van der Waals surface area contributed by atoms with Crippen LogP contribution in [0.1, 0.15) is 19.4 Å². The van der Waals surface area contributed by atoms with E-state index in [0.717, 1.165) is 27.5 Å². The highest BCUT2D eigenvalue weighted by Gasteiger charge is 2.46. The van der Waals surface area contributed by atoms with Gasteiger partial charge in [-0.05, 0) is 55.8 Å².